The van der Waals surface area contributed by atoms with E-state index >= 15 is 0 Å². The third-order valence-corrected chi connectivity index (χ3v) is 19.6. The smallest absolute Gasteiger partial charge is 0.462 e. The molecule has 0 aromatic carbocycles. The molecule has 94 heavy (non-hydrogen) atoms. The van der Waals surface area contributed by atoms with Crippen LogP contribution in [0.1, 0.15) is 382 Å². The summed E-state index contributed by atoms with van der Waals surface area (Å²) < 4.78 is 68.5. The molecule has 0 rings (SSSR count). The monoisotopic (exact) mass is 1380 g/mol. The fourth-order valence-electron chi connectivity index (χ4n) is 11.4. The first-order chi connectivity index (χ1) is 45.3. The van der Waals surface area contributed by atoms with Crippen molar-refractivity contribution in [3.8, 4) is 0 Å². The van der Waals surface area contributed by atoms with E-state index in [9.17, 15) is 43.2 Å². The largest absolute Gasteiger partial charge is 0.472 e. The zero-order chi connectivity index (χ0) is 69.4. The van der Waals surface area contributed by atoms with E-state index in [2.05, 4.69) is 48.5 Å². The lowest BCUT2D eigenvalue weighted by atomic mass is 9.99. The van der Waals surface area contributed by atoms with Crippen molar-refractivity contribution in [2.24, 2.45) is 17.8 Å². The first-order valence-electron chi connectivity index (χ1n) is 38.9. The van der Waals surface area contributed by atoms with Gasteiger partial charge < -0.3 is 33.8 Å². The molecule has 17 nitrogen and oxygen atoms in total. The Hall–Kier alpha value is -1.94. The molecule has 0 bridgehead atoms. The third kappa shape index (κ3) is 67.3. The number of ether oxygens (including phenoxy) is 4. The Kier molecular flexibility index (Phi) is 64.3. The first-order valence-corrected chi connectivity index (χ1v) is 41.9. The Balaban J connectivity index is 5.27. The van der Waals surface area contributed by atoms with Crippen LogP contribution >= 0.6 is 15.6 Å². The second kappa shape index (κ2) is 65.7. The van der Waals surface area contributed by atoms with Crippen LogP contribution in [-0.2, 0) is 65.4 Å². The molecule has 3 N–H and O–H groups in total. The molecule has 0 fully saturated rings. The average Bonchev–Trinajstić information content (AvgIpc) is 1.38. The number of hydrogen-bond donors (Lipinski definition) is 3. The Morgan fingerprint density at radius 2 is 0.543 bits per heavy atom. The second-order valence-corrected chi connectivity index (χ2v) is 31.1. The van der Waals surface area contributed by atoms with Crippen LogP contribution in [0.3, 0.4) is 0 Å². The minimum absolute atomic E-state index is 0.107. The van der Waals surface area contributed by atoms with E-state index in [-0.39, 0.29) is 25.7 Å². The van der Waals surface area contributed by atoms with Gasteiger partial charge in [-0.2, -0.15) is 0 Å². The highest BCUT2D eigenvalue weighted by atomic mass is 31.2. The zero-order valence-corrected chi connectivity index (χ0v) is 63.2. The van der Waals surface area contributed by atoms with Gasteiger partial charge in [-0.05, 0) is 43.4 Å². The van der Waals surface area contributed by atoms with Crippen molar-refractivity contribution in [1.29, 1.82) is 0 Å². The summed E-state index contributed by atoms with van der Waals surface area (Å²) in [6, 6.07) is 0. The minimum Gasteiger partial charge on any atom is -0.462 e. The maximum absolute atomic E-state index is 13.1. The number of unbranched alkanes of at least 4 members (excludes halogenated alkanes) is 40. The van der Waals surface area contributed by atoms with E-state index in [0.29, 0.717) is 25.7 Å². The molecule has 0 aliphatic heterocycles. The lowest BCUT2D eigenvalue weighted by Gasteiger charge is -2.21. The summed E-state index contributed by atoms with van der Waals surface area (Å²) in [5.74, 6) is 0.205. The number of aliphatic hydroxyl groups is 1. The lowest BCUT2D eigenvalue weighted by molar-refractivity contribution is -0.161. The van der Waals surface area contributed by atoms with Crippen LogP contribution in [0.2, 0.25) is 0 Å². The molecule has 0 aromatic heterocycles. The molecule has 0 radical (unpaired) electrons. The van der Waals surface area contributed by atoms with Gasteiger partial charge >= 0.3 is 39.5 Å². The number of phosphoric acid groups is 2. The van der Waals surface area contributed by atoms with Gasteiger partial charge in [0.25, 0.3) is 0 Å². The highest BCUT2D eigenvalue weighted by Gasteiger charge is 2.30. The summed E-state index contributed by atoms with van der Waals surface area (Å²) >= 11 is 0. The highest BCUT2D eigenvalue weighted by Crippen LogP contribution is 2.45. The zero-order valence-electron chi connectivity index (χ0n) is 61.4. The Morgan fingerprint density at radius 1 is 0.309 bits per heavy atom. The van der Waals surface area contributed by atoms with E-state index in [1.54, 1.807) is 0 Å². The summed E-state index contributed by atoms with van der Waals surface area (Å²) in [7, 11) is -9.91. The van der Waals surface area contributed by atoms with Crippen LogP contribution in [0.4, 0.5) is 0 Å². The molecule has 0 amide bonds. The fourth-order valence-corrected chi connectivity index (χ4v) is 13.0. The van der Waals surface area contributed by atoms with E-state index in [4.69, 9.17) is 37.0 Å². The number of carbonyl (C=O) groups excluding carboxylic acids is 4. The van der Waals surface area contributed by atoms with Gasteiger partial charge in [-0.15, -0.1) is 0 Å². The maximum atomic E-state index is 13.1. The van der Waals surface area contributed by atoms with Gasteiger partial charge in [-0.25, -0.2) is 9.13 Å². The van der Waals surface area contributed by atoms with Gasteiger partial charge in [0.05, 0.1) is 26.4 Å². The van der Waals surface area contributed by atoms with Gasteiger partial charge in [0.1, 0.15) is 19.3 Å². The lowest BCUT2D eigenvalue weighted by Crippen LogP contribution is -2.30. The van der Waals surface area contributed by atoms with Crippen LogP contribution in [-0.4, -0.2) is 96.7 Å². The molecule has 0 aliphatic rings. The van der Waals surface area contributed by atoms with Crippen LogP contribution in [0.15, 0.2) is 0 Å². The predicted molar refractivity (Wildman–Crippen MR) is 381 cm³/mol. The van der Waals surface area contributed by atoms with E-state index < -0.39 is 97.5 Å². The van der Waals surface area contributed by atoms with Gasteiger partial charge in [0.2, 0.25) is 0 Å². The summed E-state index contributed by atoms with van der Waals surface area (Å²) in [5.41, 5.74) is 0. The molecule has 0 heterocycles. The van der Waals surface area contributed by atoms with Gasteiger partial charge in [0.15, 0.2) is 12.2 Å². The standard InChI is InChI=1S/C75H146O17P2/c1-8-10-11-12-13-14-15-17-21-28-37-44-51-58-74(79)92-71(63-86-73(78)57-50-43-36-31-30-33-40-47-54-67(5)6)65-90-94(83,84)88-61-69(76)60-87-93(81,82)89-64-70(62-85-72(77)56-49-42-35-27-24-23-26-34-41-48-55-68(7)9-2)91-75(80)59-52-45-38-29-22-19-16-18-20-25-32-39-46-53-66(3)4/h66-71,76H,8-65H2,1-7H3,(H,81,82)(H,83,84)/t68?,69-,70-,71-/m1/s1. The fraction of sp³-hybridized carbons (Fsp3) is 0.947. The summed E-state index contributed by atoms with van der Waals surface area (Å²) in [6.45, 7) is 11.9. The molecule has 0 saturated carbocycles. The summed E-state index contributed by atoms with van der Waals surface area (Å²) in [5, 5.41) is 10.6. The van der Waals surface area contributed by atoms with Crippen molar-refractivity contribution in [2.45, 2.75) is 401 Å². The molecule has 0 aromatic rings. The molecule has 6 atom stereocenters. The third-order valence-electron chi connectivity index (χ3n) is 17.7. The molecular weight excluding hydrogens is 1230 g/mol. The molecule has 558 valence electrons. The molecule has 19 heteroatoms. The van der Waals surface area contributed by atoms with Crippen LogP contribution in [0.25, 0.3) is 0 Å². The van der Waals surface area contributed by atoms with Crippen molar-refractivity contribution in [3.05, 3.63) is 0 Å². The number of aliphatic hydroxyl groups excluding tert-OH is 1. The number of esters is 4. The SMILES string of the molecule is CCCCCCCCCCCCCCCC(=O)O[C@H](COC(=O)CCCCCCCCCCC(C)C)COP(=O)(O)OC[C@H](O)COP(=O)(O)OC[C@@H](COC(=O)CCCCCCCCCCCCC(C)CC)OC(=O)CCCCCCCCCCCCCCCC(C)C. The molecule has 3 unspecified atom stereocenters. The Bertz CT molecular complexity index is 1840. The van der Waals surface area contributed by atoms with Gasteiger partial charge in [-0.3, -0.25) is 37.3 Å². The predicted octanol–water partition coefficient (Wildman–Crippen LogP) is 21.8. The van der Waals surface area contributed by atoms with Crippen molar-refractivity contribution in [1.82, 2.24) is 0 Å². The van der Waals surface area contributed by atoms with Crippen LogP contribution < -0.4 is 0 Å². The molecule has 0 aliphatic carbocycles. The molecule has 0 spiro atoms. The van der Waals surface area contributed by atoms with Crippen molar-refractivity contribution in [2.75, 3.05) is 39.6 Å². The maximum Gasteiger partial charge on any atom is 0.472 e. The van der Waals surface area contributed by atoms with E-state index in [0.717, 1.165) is 108 Å². The average molecular weight is 1380 g/mol. The summed E-state index contributed by atoms with van der Waals surface area (Å²) in [4.78, 5) is 72.8. The number of carbonyl (C=O) groups is 4. The molecule has 0 saturated heterocycles. The van der Waals surface area contributed by atoms with Crippen molar-refractivity contribution < 1.29 is 80.2 Å². The minimum atomic E-state index is -4.96. The highest BCUT2D eigenvalue weighted by molar-refractivity contribution is 7.47. The summed E-state index contributed by atoms with van der Waals surface area (Å²) in [6.07, 6.45) is 51.2. The van der Waals surface area contributed by atoms with E-state index in [1.807, 2.05) is 0 Å². The van der Waals surface area contributed by atoms with Crippen molar-refractivity contribution >= 4 is 39.5 Å². The van der Waals surface area contributed by atoms with Gasteiger partial charge in [0, 0.05) is 25.7 Å². The van der Waals surface area contributed by atoms with E-state index in [1.165, 1.54) is 193 Å². The molecular formula is C75H146O17P2. The quantitative estimate of drug-likeness (QED) is 0.0222. The Labute approximate surface area is 575 Å². The number of phosphoric ester groups is 2. The van der Waals surface area contributed by atoms with Crippen molar-refractivity contribution in [3.63, 3.8) is 0 Å². The topological polar surface area (TPSA) is 237 Å². The van der Waals surface area contributed by atoms with Crippen LogP contribution in [0.5, 0.6) is 0 Å². The Morgan fingerprint density at radius 3 is 0.809 bits per heavy atom. The second-order valence-electron chi connectivity index (χ2n) is 28.2. The normalized spacial score (nSPS) is 14.4. The van der Waals surface area contributed by atoms with Crippen LogP contribution in [0, 0.1) is 17.8 Å². The number of hydrogen-bond acceptors (Lipinski definition) is 15. The van der Waals surface area contributed by atoms with Gasteiger partial charge in [-0.1, -0.05) is 331 Å². The first kappa shape index (κ1) is 92.1. The number of rotatable bonds is 73.